The van der Waals surface area contributed by atoms with E-state index in [1.165, 1.54) is 18.4 Å². The number of amides is 1. The van der Waals surface area contributed by atoms with E-state index in [1.807, 2.05) is 24.3 Å². The predicted octanol–water partition coefficient (Wildman–Crippen LogP) is 5.10. The summed E-state index contributed by atoms with van der Waals surface area (Å²) < 4.78 is 0. The maximum Gasteiger partial charge on any atom is 0.223 e. The Morgan fingerprint density at radius 1 is 1.22 bits per heavy atom. The lowest BCUT2D eigenvalue weighted by Gasteiger charge is -2.37. The van der Waals surface area contributed by atoms with E-state index < -0.39 is 0 Å². The third-order valence-electron chi connectivity index (χ3n) is 5.20. The number of rotatable bonds is 5. The first-order valence-corrected chi connectivity index (χ1v) is 9.29. The number of carbonyl (C=O) groups excluding carboxylic acids is 1. The number of carbonyl (C=O) groups is 1. The molecule has 1 aromatic carbocycles. The van der Waals surface area contributed by atoms with Crippen LogP contribution in [0.1, 0.15) is 52.5 Å². The van der Waals surface area contributed by atoms with Crippen molar-refractivity contribution in [3.8, 4) is 0 Å². The van der Waals surface area contributed by atoms with Crippen LogP contribution in [0.4, 0.5) is 0 Å². The van der Waals surface area contributed by atoms with Gasteiger partial charge in [0, 0.05) is 17.0 Å². The Hall–Kier alpha value is -1.02. The SMILES string of the molecule is CC(Cc1ccc(Cl)cc1)NC(=O)[C@@H]1C[C@H](C)CC[C@H]1C(C)C. The van der Waals surface area contributed by atoms with Crippen molar-refractivity contribution >= 4 is 17.5 Å². The third-order valence-corrected chi connectivity index (χ3v) is 5.45. The zero-order chi connectivity index (χ0) is 17.0. The highest BCUT2D eigenvalue weighted by Crippen LogP contribution is 2.38. The van der Waals surface area contributed by atoms with Crippen LogP contribution in [-0.4, -0.2) is 11.9 Å². The van der Waals surface area contributed by atoms with Crippen LogP contribution in [0.3, 0.4) is 0 Å². The van der Waals surface area contributed by atoms with E-state index in [1.54, 1.807) is 0 Å². The molecular weight excluding hydrogens is 306 g/mol. The van der Waals surface area contributed by atoms with Gasteiger partial charge >= 0.3 is 0 Å². The molecule has 4 atom stereocenters. The van der Waals surface area contributed by atoms with Crippen LogP contribution >= 0.6 is 11.6 Å². The van der Waals surface area contributed by atoms with E-state index in [2.05, 4.69) is 33.0 Å². The Morgan fingerprint density at radius 2 is 1.87 bits per heavy atom. The quantitative estimate of drug-likeness (QED) is 0.797. The van der Waals surface area contributed by atoms with E-state index in [0.29, 0.717) is 17.8 Å². The summed E-state index contributed by atoms with van der Waals surface area (Å²) in [6, 6.07) is 8.02. The Balaban J connectivity index is 1.94. The summed E-state index contributed by atoms with van der Waals surface area (Å²) in [5.41, 5.74) is 1.21. The van der Waals surface area contributed by atoms with Crippen LogP contribution in [0, 0.1) is 23.7 Å². The molecule has 1 fully saturated rings. The molecule has 2 rings (SSSR count). The van der Waals surface area contributed by atoms with Gasteiger partial charge in [-0.25, -0.2) is 0 Å². The van der Waals surface area contributed by atoms with Crippen molar-refractivity contribution in [3.05, 3.63) is 34.9 Å². The lowest BCUT2D eigenvalue weighted by molar-refractivity contribution is -0.129. The van der Waals surface area contributed by atoms with Gasteiger partial charge in [-0.05, 0) is 61.6 Å². The maximum absolute atomic E-state index is 12.8. The van der Waals surface area contributed by atoms with E-state index in [0.717, 1.165) is 17.9 Å². The van der Waals surface area contributed by atoms with Crippen LogP contribution in [-0.2, 0) is 11.2 Å². The number of nitrogens with one attached hydrogen (secondary N) is 1. The van der Waals surface area contributed by atoms with Crippen molar-refractivity contribution < 1.29 is 4.79 Å². The summed E-state index contributed by atoms with van der Waals surface area (Å²) in [7, 11) is 0. The third kappa shape index (κ3) is 5.24. The van der Waals surface area contributed by atoms with Crippen LogP contribution in [0.25, 0.3) is 0 Å². The lowest BCUT2D eigenvalue weighted by atomic mass is 9.69. The fraction of sp³-hybridized carbons (Fsp3) is 0.650. The molecule has 0 aliphatic heterocycles. The minimum Gasteiger partial charge on any atom is -0.353 e. The Bertz CT molecular complexity index is 511. The standard InChI is InChI=1S/C20H30ClNO/c1-13(2)18-10-5-14(3)11-19(18)20(23)22-15(4)12-16-6-8-17(21)9-7-16/h6-9,13-15,18-19H,5,10-12H2,1-4H3,(H,22,23)/t14-,15?,18+,19-/m1/s1. The van der Waals surface area contributed by atoms with Gasteiger partial charge in [0.1, 0.15) is 0 Å². The molecule has 1 unspecified atom stereocenters. The molecule has 0 bridgehead atoms. The minimum atomic E-state index is 0.147. The Morgan fingerprint density at radius 3 is 2.48 bits per heavy atom. The van der Waals surface area contributed by atoms with Gasteiger partial charge in [-0.3, -0.25) is 4.79 Å². The number of halogens is 1. The maximum atomic E-state index is 12.8. The molecule has 1 aromatic rings. The van der Waals surface area contributed by atoms with Gasteiger partial charge < -0.3 is 5.32 Å². The fourth-order valence-corrected chi connectivity index (χ4v) is 4.00. The molecule has 1 N–H and O–H groups in total. The summed E-state index contributed by atoms with van der Waals surface area (Å²) in [6.07, 6.45) is 4.31. The topological polar surface area (TPSA) is 29.1 Å². The van der Waals surface area contributed by atoms with Crippen molar-refractivity contribution in [2.75, 3.05) is 0 Å². The van der Waals surface area contributed by atoms with Crippen LogP contribution in [0.2, 0.25) is 5.02 Å². The zero-order valence-electron chi connectivity index (χ0n) is 14.8. The molecule has 1 saturated carbocycles. The molecular formula is C20H30ClNO. The summed E-state index contributed by atoms with van der Waals surface area (Å²) in [4.78, 5) is 12.8. The van der Waals surface area contributed by atoms with Crippen molar-refractivity contribution in [2.45, 2.75) is 59.4 Å². The second-order valence-electron chi connectivity index (χ2n) is 7.67. The summed E-state index contributed by atoms with van der Waals surface area (Å²) in [5.74, 6) is 2.18. The van der Waals surface area contributed by atoms with Gasteiger partial charge in [0.05, 0.1) is 0 Å². The molecule has 1 aliphatic carbocycles. The number of hydrogen-bond donors (Lipinski definition) is 1. The molecule has 2 nitrogen and oxygen atoms in total. The molecule has 0 saturated heterocycles. The molecule has 0 radical (unpaired) electrons. The van der Waals surface area contributed by atoms with Crippen LogP contribution in [0.5, 0.6) is 0 Å². The second kappa shape index (κ2) is 8.19. The van der Waals surface area contributed by atoms with Crippen molar-refractivity contribution in [2.24, 2.45) is 23.7 Å². The summed E-state index contributed by atoms with van der Waals surface area (Å²) in [6.45, 7) is 8.85. The van der Waals surface area contributed by atoms with E-state index >= 15 is 0 Å². The van der Waals surface area contributed by atoms with Crippen LogP contribution in [0.15, 0.2) is 24.3 Å². The Kier molecular flexibility index (Phi) is 6.52. The van der Waals surface area contributed by atoms with Crippen molar-refractivity contribution in [3.63, 3.8) is 0 Å². The molecule has 0 aromatic heterocycles. The van der Waals surface area contributed by atoms with E-state index in [4.69, 9.17) is 11.6 Å². The van der Waals surface area contributed by atoms with E-state index in [-0.39, 0.29) is 17.9 Å². The first-order valence-electron chi connectivity index (χ1n) is 8.91. The highest BCUT2D eigenvalue weighted by Gasteiger charge is 2.35. The molecule has 3 heteroatoms. The van der Waals surface area contributed by atoms with Gasteiger partial charge in [-0.2, -0.15) is 0 Å². The molecule has 1 amide bonds. The molecule has 23 heavy (non-hydrogen) atoms. The predicted molar refractivity (Wildman–Crippen MR) is 97.6 cm³/mol. The molecule has 1 aliphatic rings. The first-order chi connectivity index (χ1) is 10.9. The van der Waals surface area contributed by atoms with Gasteiger partial charge in [0.2, 0.25) is 5.91 Å². The van der Waals surface area contributed by atoms with Crippen molar-refractivity contribution in [1.29, 1.82) is 0 Å². The second-order valence-corrected chi connectivity index (χ2v) is 8.11. The number of benzene rings is 1. The normalized spacial score (nSPS) is 26.1. The molecule has 128 valence electrons. The largest absolute Gasteiger partial charge is 0.353 e. The highest BCUT2D eigenvalue weighted by molar-refractivity contribution is 6.30. The van der Waals surface area contributed by atoms with Crippen LogP contribution < -0.4 is 5.32 Å². The fourth-order valence-electron chi connectivity index (χ4n) is 3.88. The average molecular weight is 336 g/mol. The Labute approximate surface area is 146 Å². The highest BCUT2D eigenvalue weighted by atomic mass is 35.5. The van der Waals surface area contributed by atoms with Crippen molar-refractivity contribution in [1.82, 2.24) is 5.32 Å². The van der Waals surface area contributed by atoms with E-state index in [9.17, 15) is 4.79 Å². The van der Waals surface area contributed by atoms with Gasteiger partial charge in [-0.1, -0.05) is 50.9 Å². The molecule has 0 spiro atoms. The number of hydrogen-bond acceptors (Lipinski definition) is 1. The van der Waals surface area contributed by atoms with Gasteiger partial charge in [0.25, 0.3) is 0 Å². The lowest BCUT2D eigenvalue weighted by Crippen LogP contribution is -2.44. The smallest absolute Gasteiger partial charge is 0.223 e. The molecule has 0 heterocycles. The first kappa shape index (κ1) is 18.3. The van der Waals surface area contributed by atoms with Gasteiger partial charge in [-0.15, -0.1) is 0 Å². The monoisotopic (exact) mass is 335 g/mol. The zero-order valence-corrected chi connectivity index (χ0v) is 15.6. The minimum absolute atomic E-state index is 0.147. The summed E-state index contributed by atoms with van der Waals surface area (Å²) >= 11 is 5.92. The average Bonchev–Trinajstić information content (AvgIpc) is 2.49. The summed E-state index contributed by atoms with van der Waals surface area (Å²) in [5, 5.41) is 4.00. The van der Waals surface area contributed by atoms with Gasteiger partial charge in [0.15, 0.2) is 0 Å².